The second-order valence-corrected chi connectivity index (χ2v) is 4.08. The zero-order valence-electron chi connectivity index (χ0n) is 9.20. The van der Waals surface area contributed by atoms with E-state index in [1.54, 1.807) is 23.1 Å². The van der Waals surface area contributed by atoms with Gasteiger partial charge in [0.1, 0.15) is 0 Å². The number of rotatable bonds is 2. The number of aromatic nitrogens is 3. The first-order valence-electron chi connectivity index (χ1n) is 5.59. The van der Waals surface area contributed by atoms with E-state index in [-0.39, 0.29) is 5.69 Å². The summed E-state index contributed by atoms with van der Waals surface area (Å²) in [5.74, 6) is -1.01. The van der Waals surface area contributed by atoms with E-state index in [9.17, 15) is 4.79 Å². The topological polar surface area (TPSA) is 71.2 Å². The maximum Gasteiger partial charge on any atom is 0.357 e. The van der Waals surface area contributed by atoms with E-state index in [0.717, 1.165) is 25.9 Å². The van der Waals surface area contributed by atoms with Crippen molar-refractivity contribution in [1.29, 1.82) is 0 Å². The van der Waals surface area contributed by atoms with Crippen molar-refractivity contribution in [2.24, 2.45) is 0 Å². The van der Waals surface area contributed by atoms with E-state index >= 15 is 0 Å². The second-order valence-electron chi connectivity index (χ2n) is 4.08. The Hall–Kier alpha value is -2.11. The van der Waals surface area contributed by atoms with Gasteiger partial charge in [0.15, 0.2) is 11.3 Å². The third kappa shape index (κ3) is 1.52. The molecule has 0 unspecified atom stereocenters. The molecule has 0 aromatic carbocycles. The zero-order chi connectivity index (χ0) is 11.8. The van der Waals surface area contributed by atoms with Crippen LogP contribution in [0.25, 0.3) is 11.0 Å². The van der Waals surface area contributed by atoms with Crippen molar-refractivity contribution < 1.29 is 9.90 Å². The molecular weight excluding hydrogens is 220 g/mol. The van der Waals surface area contributed by atoms with Crippen LogP contribution in [0.2, 0.25) is 0 Å². The number of carboxylic acids is 1. The van der Waals surface area contributed by atoms with Gasteiger partial charge in [0.05, 0.1) is 5.39 Å². The highest BCUT2D eigenvalue weighted by Gasteiger charge is 2.21. The SMILES string of the molecule is O=C(O)c1nn(N2CCCC2)c2ncccc12. The standard InChI is InChI=1S/C11H12N4O2/c16-11(17)9-8-4-3-5-12-10(8)15(13-9)14-6-1-2-7-14/h3-5H,1-2,6-7H2,(H,16,17). The molecule has 3 heterocycles. The Balaban J connectivity index is 2.20. The van der Waals surface area contributed by atoms with Crippen LogP contribution >= 0.6 is 0 Å². The number of fused-ring (bicyclic) bond motifs is 1. The molecule has 0 atom stereocenters. The average Bonchev–Trinajstić information content (AvgIpc) is 2.95. The van der Waals surface area contributed by atoms with Gasteiger partial charge in [-0.15, -0.1) is 5.10 Å². The Morgan fingerprint density at radius 1 is 1.35 bits per heavy atom. The molecule has 0 radical (unpaired) electrons. The first-order chi connectivity index (χ1) is 8.27. The molecule has 0 saturated carbocycles. The second kappa shape index (κ2) is 3.73. The van der Waals surface area contributed by atoms with Crippen LogP contribution in [0.1, 0.15) is 23.3 Å². The number of pyridine rings is 1. The molecule has 0 spiro atoms. The van der Waals surface area contributed by atoms with Crippen LogP contribution in [0.3, 0.4) is 0 Å². The summed E-state index contributed by atoms with van der Waals surface area (Å²) in [5.41, 5.74) is 0.687. The van der Waals surface area contributed by atoms with E-state index < -0.39 is 5.97 Å². The lowest BCUT2D eigenvalue weighted by Gasteiger charge is -2.17. The summed E-state index contributed by atoms with van der Waals surface area (Å²) in [6, 6.07) is 3.47. The van der Waals surface area contributed by atoms with Crippen LogP contribution in [0.4, 0.5) is 0 Å². The number of carboxylic acid groups (broad SMARTS) is 1. The van der Waals surface area contributed by atoms with Gasteiger partial charge in [-0.1, -0.05) is 0 Å². The molecule has 6 nitrogen and oxygen atoms in total. The fraction of sp³-hybridized carbons (Fsp3) is 0.364. The molecule has 17 heavy (non-hydrogen) atoms. The molecular formula is C11H12N4O2. The van der Waals surface area contributed by atoms with Crippen LogP contribution in [-0.2, 0) is 0 Å². The first kappa shape index (κ1) is 10.1. The molecule has 0 aliphatic carbocycles. The first-order valence-corrected chi connectivity index (χ1v) is 5.59. The molecule has 1 aliphatic rings. The molecule has 6 heteroatoms. The van der Waals surface area contributed by atoms with E-state index in [1.807, 2.05) is 5.01 Å². The van der Waals surface area contributed by atoms with Gasteiger partial charge in [0.25, 0.3) is 0 Å². The fourth-order valence-corrected chi connectivity index (χ4v) is 2.18. The minimum Gasteiger partial charge on any atom is -0.476 e. The Labute approximate surface area is 97.4 Å². The Morgan fingerprint density at radius 2 is 2.12 bits per heavy atom. The van der Waals surface area contributed by atoms with Crippen molar-refractivity contribution >= 4 is 17.0 Å². The summed E-state index contributed by atoms with van der Waals surface area (Å²) in [4.78, 5) is 17.0. The molecule has 2 aromatic heterocycles. The number of hydrogen-bond donors (Lipinski definition) is 1. The number of carbonyl (C=O) groups is 1. The van der Waals surface area contributed by atoms with Crippen LogP contribution in [0.5, 0.6) is 0 Å². The molecule has 1 saturated heterocycles. The molecule has 0 bridgehead atoms. The van der Waals surface area contributed by atoms with Crippen LogP contribution < -0.4 is 5.01 Å². The summed E-state index contributed by atoms with van der Waals surface area (Å²) in [5, 5.41) is 15.9. The largest absolute Gasteiger partial charge is 0.476 e. The van der Waals surface area contributed by atoms with Crippen molar-refractivity contribution in [1.82, 2.24) is 14.9 Å². The number of hydrogen-bond acceptors (Lipinski definition) is 4. The van der Waals surface area contributed by atoms with Gasteiger partial charge in [-0.25, -0.2) is 9.78 Å². The molecule has 1 fully saturated rings. The van der Waals surface area contributed by atoms with Gasteiger partial charge >= 0.3 is 5.97 Å². The van der Waals surface area contributed by atoms with Crippen molar-refractivity contribution in [2.45, 2.75) is 12.8 Å². The van der Waals surface area contributed by atoms with E-state index in [2.05, 4.69) is 10.1 Å². The monoisotopic (exact) mass is 232 g/mol. The van der Waals surface area contributed by atoms with Gasteiger partial charge in [-0.2, -0.15) is 4.79 Å². The molecule has 2 aromatic rings. The number of nitrogens with zero attached hydrogens (tertiary/aromatic N) is 4. The fourth-order valence-electron chi connectivity index (χ4n) is 2.18. The van der Waals surface area contributed by atoms with Gasteiger partial charge < -0.3 is 5.11 Å². The minimum atomic E-state index is -1.01. The predicted octanol–water partition coefficient (Wildman–Crippen LogP) is 0.861. The summed E-state index contributed by atoms with van der Waals surface area (Å²) in [6.07, 6.45) is 3.87. The minimum absolute atomic E-state index is 0.0694. The van der Waals surface area contributed by atoms with Gasteiger partial charge in [-0.05, 0) is 25.0 Å². The lowest BCUT2D eigenvalue weighted by molar-refractivity contribution is 0.0691. The summed E-state index contributed by atoms with van der Waals surface area (Å²) >= 11 is 0. The highest BCUT2D eigenvalue weighted by Crippen LogP contribution is 2.18. The van der Waals surface area contributed by atoms with Gasteiger partial charge in [-0.3, -0.25) is 5.01 Å². The van der Waals surface area contributed by atoms with Gasteiger partial charge in [0.2, 0.25) is 0 Å². The van der Waals surface area contributed by atoms with E-state index in [0.29, 0.717) is 11.0 Å². The number of aromatic carboxylic acids is 1. The third-order valence-corrected chi connectivity index (χ3v) is 2.98. The Kier molecular flexibility index (Phi) is 2.21. The molecule has 88 valence electrons. The zero-order valence-corrected chi connectivity index (χ0v) is 9.20. The van der Waals surface area contributed by atoms with Crippen molar-refractivity contribution in [3.63, 3.8) is 0 Å². The van der Waals surface area contributed by atoms with Crippen LogP contribution in [0.15, 0.2) is 18.3 Å². The Morgan fingerprint density at radius 3 is 2.82 bits per heavy atom. The molecule has 3 rings (SSSR count). The summed E-state index contributed by atoms with van der Waals surface area (Å²) in [6.45, 7) is 1.79. The molecule has 1 aliphatic heterocycles. The van der Waals surface area contributed by atoms with Crippen LogP contribution in [0, 0.1) is 0 Å². The average molecular weight is 232 g/mol. The van der Waals surface area contributed by atoms with Crippen LogP contribution in [-0.4, -0.2) is 39.0 Å². The third-order valence-electron chi connectivity index (χ3n) is 2.98. The Bertz CT molecular complexity index is 572. The van der Waals surface area contributed by atoms with E-state index in [1.165, 1.54) is 0 Å². The lowest BCUT2D eigenvalue weighted by atomic mass is 10.3. The normalized spacial score (nSPS) is 15.6. The van der Waals surface area contributed by atoms with Crippen molar-refractivity contribution in [3.05, 3.63) is 24.0 Å². The van der Waals surface area contributed by atoms with Crippen molar-refractivity contribution in [2.75, 3.05) is 18.1 Å². The van der Waals surface area contributed by atoms with E-state index in [4.69, 9.17) is 5.11 Å². The van der Waals surface area contributed by atoms with Crippen molar-refractivity contribution in [3.8, 4) is 0 Å². The molecule has 0 amide bonds. The van der Waals surface area contributed by atoms with Gasteiger partial charge in [0, 0.05) is 19.3 Å². The quantitative estimate of drug-likeness (QED) is 0.831. The highest BCUT2D eigenvalue weighted by molar-refractivity contribution is 6.00. The summed E-state index contributed by atoms with van der Waals surface area (Å²) in [7, 11) is 0. The summed E-state index contributed by atoms with van der Waals surface area (Å²) < 4.78 is 0. The maximum atomic E-state index is 11.1. The lowest BCUT2D eigenvalue weighted by Crippen LogP contribution is -2.32. The molecule has 1 N–H and O–H groups in total. The maximum absolute atomic E-state index is 11.1. The smallest absolute Gasteiger partial charge is 0.357 e. The highest BCUT2D eigenvalue weighted by atomic mass is 16.4. The predicted molar refractivity (Wildman–Crippen MR) is 61.7 cm³/mol.